The molecule has 1 heterocycles. The smallest absolute Gasteiger partial charge is 0.132 e. The lowest BCUT2D eigenvalue weighted by Gasteiger charge is -2.11. The second-order valence-electron chi connectivity index (χ2n) is 4.84. The zero-order valence-corrected chi connectivity index (χ0v) is 11.2. The van der Waals surface area contributed by atoms with Crippen LogP contribution in [0.4, 0.5) is 10.2 Å². The van der Waals surface area contributed by atoms with E-state index < -0.39 is 0 Å². The molecule has 4 heteroatoms. The summed E-state index contributed by atoms with van der Waals surface area (Å²) >= 11 is 0. The first-order chi connectivity index (χ1) is 8.41. The molecule has 0 aliphatic rings. The van der Waals surface area contributed by atoms with Gasteiger partial charge in [-0.15, -0.1) is 0 Å². The number of halogens is 1. The van der Waals surface area contributed by atoms with Gasteiger partial charge in [-0.3, -0.25) is 0 Å². The van der Waals surface area contributed by atoms with Crippen molar-refractivity contribution in [2.75, 3.05) is 5.73 Å². The number of imidazole rings is 1. The first-order valence-electron chi connectivity index (χ1n) is 6.02. The highest BCUT2D eigenvalue weighted by molar-refractivity contribution is 5.72. The molecule has 0 aliphatic heterocycles. The van der Waals surface area contributed by atoms with Gasteiger partial charge in [-0.1, -0.05) is 11.6 Å². The molecule has 1 aromatic carbocycles. The minimum absolute atomic E-state index is 0.208. The van der Waals surface area contributed by atoms with Gasteiger partial charge in [-0.2, -0.15) is 0 Å². The van der Waals surface area contributed by atoms with Crippen LogP contribution in [0.5, 0.6) is 0 Å². The summed E-state index contributed by atoms with van der Waals surface area (Å²) in [6, 6.07) is 5.17. The van der Waals surface area contributed by atoms with Crippen LogP contribution < -0.4 is 5.73 Å². The van der Waals surface area contributed by atoms with E-state index in [1.54, 1.807) is 12.1 Å². The van der Waals surface area contributed by atoms with E-state index in [9.17, 15) is 4.39 Å². The second kappa shape index (κ2) is 4.44. The first kappa shape index (κ1) is 12.6. The Morgan fingerprint density at radius 3 is 2.50 bits per heavy atom. The highest BCUT2D eigenvalue weighted by Crippen LogP contribution is 2.31. The van der Waals surface area contributed by atoms with Gasteiger partial charge in [0.15, 0.2) is 0 Å². The number of nitrogen functional groups attached to an aromatic ring is 1. The average molecular weight is 247 g/mol. The normalized spacial score (nSPS) is 11.2. The van der Waals surface area contributed by atoms with Gasteiger partial charge in [0.05, 0.1) is 0 Å². The Bertz CT molecular complexity index is 585. The van der Waals surface area contributed by atoms with E-state index in [4.69, 9.17) is 5.73 Å². The number of nitrogens with zero attached hydrogens (tertiary/aromatic N) is 2. The molecule has 0 spiro atoms. The molecule has 0 saturated heterocycles. The largest absolute Gasteiger partial charge is 0.383 e. The maximum Gasteiger partial charge on any atom is 0.132 e. The molecule has 2 aromatic rings. The number of nitrogens with two attached hydrogens (primary N) is 1. The summed E-state index contributed by atoms with van der Waals surface area (Å²) < 4.78 is 15.8. The fourth-order valence-corrected chi connectivity index (χ4v) is 2.23. The molecular weight excluding hydrogens is 229 g/mol. The molecule has 0 unspecified atom stereocenters. The quantitative estimate of drug-likeness (QED) is 0.883. The lowest BCUT2D eigenvalue weighted by Crippen LogP contribution is -2.07. The lowest BCUT2D eigenvalue weighted by atomic mass is 10.1. The van der Waals surface area contributed by atoms with E-state index in [1.165, 1.54) is 6.07 Å². The molecule has 0 amide bonds. The van der Waals surface area contributed by atoms with Crippen LogP contribution in [0.3, 0.4) is 0 Å². The molecule has 0 bridgehead atoms. The van der Waals surface area contributed by atoms with Crippen LogP contribution in [-0.2, 0) is 0 Å². The van der Waals surface area contributed by atoms with Crippen LogP contribution in [0.2, 0.25) is 0 Å². The van der Waals surface area contributed by atoms with E-state index in [0.29, 0.717) is 17.1 Å². The molecule has 0 aliphatic carbocycles. The van der Waals surface area contributed by atoms with Gasteiger partial charge >= 0.3 is 0 Å². The molecule has 0 fully saturated rings. The molecular formula is C14H18FN3. The third-order valence-electron chi connectivity index (χ3n) is 3.02. The van der Waals surface area contributed by atoms with Crippen molar-refractivity contribution < 1.29 is 4.39 Å². The van der Waals surface area contributed by atoms with Crippen LogP contribution >= 0.6 is 0 Å². The predicted octanol–water partition coefficient (Wildman–Crippen LogP) is 3.47. The average Bonchev–Trinajstić information content (AvgIpc) is 2.57. The Morgan fingerprint density at radius 1 is 1.28 bits per heavy atom. The minimum atomic E-state index is -0.291. The van der Waals surface area contributed by atoms with Gasteiger partial charge in [0, 0.05) is 11.6 Å². The molecule has 0 saturated carbocycles. The van der Waals surface area contributed by atoms with Gasteiger partial charge < -0.3 is 10.3 Å². The predicted molar refractivity (Wildman–Crippen MR) is 71.9 cm³/mol. The monoisotopic (exact) mass is 247 g/mol. The molecule has 96 valence electrons. The standard InChI is InChI=1S/C14H18FN3/c1-8(2)18-10(4)17-13(14(18)16)11-7-9(3)5-6-12(11)15/h5-8H,16H2,1-4H3. The van der Waals surface area contributed by atoms with Gasteiger partial charge in [0.2, 0.25) is 0 Å². The third kappa shape index (κ3) is 1.98. The summed E-state index contributed by atoms with van der Waals surface area (Å²) in [6.07, 6.45) is 0. The summed E-state index contributed by atoms with van der Waals surface area (Å²) in [4.78, 5) is 4.40. The number of hydrogen-bond acceptors (Lipinski definition) is 2. The Morgan fingerprint density at radius 2 is 1.94 bits per heavy atom. The van der Waals surface area contributed by atoms with Crippen molar-refractivity contribution in [1.29, 1.82) is 0 Å². The lowest BCUT2D eigenvalue weighted by molar-refractivity contribution is 0.590. The Balaban J connectivity index is 2.65. The van der Waals surface area contributed by atoms with E-state index in [1.807, 2.05) is 32.3 Å². The minimum Gasteiger partial charge on any atom is -0.383 e. The zero-order valence-electron chi connectivity index (χ0n) is 11.2. The van der Waals surface area contributed by atoms with Crippen molar-refractivity contribution in [3.8, 4) is 11.3 Å². The molecule has 0 atom stereocenters. The Hall–Kier alpha value is -1.84. The Kier molecular flexibility index (Phi) is 3.11. The van der Waals surface area contributed by atoms with Crippen LogP contribution in [0.25, 0.3) is 11.3 Å². The highest BCUT2D eigenvalue weighted by Gasteiger charge is 2.18. The van der Waals surface area contributed by atoms with Crippen LogP contribution in [0, 0.1) is 19.7 Å². The van der Waals surface area contributed by atoms with Gasteiger partial charge in [0.1, 0.15) is 23.2 Å². The molecule has 2 rings (SSSR count). The molecule has 1 aromatic heterocycles. The topological polar surface area (TPSA) is 43.8 Å². The molecule has 2 N–H and O–H groups in total. The molecule has 0 radical (unpaired) electrons. The number of aromatic nitrogens is 2. The maximum absolute atomic E-state index is 13.9. The van der Waals surface area contributed by atoms with Crippen molar-refractivity contribution in [2.45, 2.75) is 33.7 Å². The van der Waals surface area contributed by atoms with E-state index in [2.05, 4.69) is 4.98 Å². The number of hydrogen-bond donors (Lipinski definition) is 1. The molecule has 3 nitrogen and oxygen atoms in total. The van der Waals surface area contributed by atoms with Crippen molar-refractivity contribution >= 4 is 5.82 Å². The SMILES string of the molecule is Cc1ccc(F)c(-c2nc(C)n(C(C)C)c2N)c1. The highest BCUT2D eigenvalue weighted by atomic mass is 19.1. The summed E-state index contributed by atoms with van der Waals surface area (Å²) in [6.45, 7) is 7.86. The van der Waals surface area contributed by atoms with Crippen molar-refractivity contribution in [2.24, 2.45) is 0 Å². The number of aryl methyl sites for hydroxylation is 2. The summed E-state index contributed by atoms with van der Waals surface area (Å²) in [5.74, 6) is 1.03. The maximum atomic E-state index is 13.9. The Labute approximate surface area is 106 Å². The van der Waals surface area contributed by atoms with E-state index >= 15 is 0 Å². The zero-order chi connectivity index (χ0) is 13.4. The second-order valence-corrected chi connectivity index (χ2v) is 4.84. The van der Waals surface area contributed by atoms with Crippen molar-refractivity contribution in [3.63, 3.8) is 0 Å². The summed E-state index contributed by atoms with van der Waals surface area (Å²) in [5, 5.41) is 0. The van der Waals surface area contributed by atoms with E-state index in [0.717, 1.165) is 11.4 Å². The summed E-state index contributed by atoms with van der Waals surface area (Å²) in [5.41, 5.74) is 8.08. The van der Waals surface area contributed by atoms with Gasteiger partial charge in [0.25, 0.3) is 0 Å². The number of anilines is 1. The number of rotatable bonds is 2. The fraction of sp³-hybridized carbons (Fsp3) is 0.357. The van der Waals surface area contributed by atoms with Gasteiger partial charge in [-0.05, 0) is 39.8 Å². The van der Waals surface area contributed by atoms with E-state index in [-0.39, 0.29) is 11.9 Å². The fourth-order valence-electron chi connectivity index (χ4n) is 2.23. The number of benzene rings is 1. The van der Waals surface area contributed by atoms with Crippen LogP contribution in [0.1, 0.15) is 31.3 Å². The van der Waals surface area contributed by atoms with Gasteiger partial charge in [-0.25, -0.2) is 9.37 Å². The van der Waals surface area contributed by atoms with Crippen LogP contribution in [0.15, 0.2) is 18.2 Å². The first-order valence-corrected chi connectivity index (χ1v) is 6.02. The summed E-state index contributed by atoms with van der Waals surface area (Å²) in [7, 11) is 0. The van der Waals surface area contributed by atoms with Crippen molar-refractivity contribution in [3.05, 3.63) is 35.4 Å². The third-order valence-corrected chi connectivity index (χ3v) is 3.02. The molecule has 18 heavy (non-hydrogen) atoms. The van der Waals surface area contributed by atoms with Crippen LogP contribution in [-0.4, -0.2) is 9.55 Å². The van der Waals surface area contributed by atoms with Crippen molar-refractivity contribution in [1.82, 2.24) is 9.55 Å².